The van der Waals surface area contributed by atoms with Gasteiger partial charge in [-0.3, -0.25) is 0 Å². The van der Waals surface area contributed by atoms with Gasteiger partial charge in [-0.25, -0.2) is 19.2 Å². The standard InChI is InChI=1S/C41H46O10/c1-4-38(42)48-28-12-8-6-10-26-46-34-19-14-32(15-20-34)16-25-40(44)50-36-23-24-37(31(3)30-36)51-41(45)33-17-21-35(22-18-33)47-27-11-7-9-13-29-49-39(43)5-2/h4-5,14-25,30H,1-2,6-13,26-29H2,3H3/b25-16+. The van der Waals surface area contributed by atoms with Crippen LogP contribution in [-0.2, 0) is 23.9 Å². The molecule has 0 unspecified atom stereocenters. The molecule has 270 valence electrons. The van der Waals surface area contributed by atoms with E-state index in [1.54, 1.807) is 55.5 Å². The normalized spacial score (nSPS) is 10.6. The van der Waals surface area contributed by atoms with Gasteiger partial charge in [0.05, 0.1) is 32.0 Å². The number of aryl methyl sites for hydroxylation is 1. The smallest absolute Gasteiger partial charge is 0.343 e. The van der Waals surface area contributed by atoms with E-state index in [1.807, 2.05) is 24.3 Å². The molecule has 0 bridgehead atoms. The average Bonchev–Trinajstić information content (AvgIpc) is 3.14. The zero-order valence-electron chi connectivity index (χ0n) is 29.1. The van der Waals surface area contributed by atoms with E-state index in [1.165, 1.54) is 6.08 Å². The van der Waals surface area contributed by atoms with E-state index in [0.717, 1.165) is 74.8 Å². The van der Waals surface area contributed by atoms with Crippen molar-refractivity contribution in [1.29, 1.82) is 0 Å². The summed E-state index contributed by atoms with van der Waals surface area (Å²) >= 11 is 0. The fourth-order valence-corrected chi connectivity index (χ4v) is 4.59. The highest BCUT2D eigenvalue weighted by molar-refractivity contribution is 5.91. The molecule has 0 aromatic heterocycles. The van der Waals surface area contributed by atoms with E-state index in [9.17, 15) is 19.2 Å². The van der Waals surface area contributed by atoms with E-state index >= 15 is 0 Å². The second-order valence-electron chi connectivity index (χ2n) is 11.4. The highest BCUT2D eigenvalue weighted by Gasteiger charge is 2.12. The predicted molar refractivity (Wildman–Crippen MR) is 194 cm³/mol. The van der Waals surface area contributed by atoms with Crippen LogP contribution in [0.3, 0.4) is 0 Å². The Bertz CT molecular complexity index is 1610. The number of benzene rings is 3. The average molecular weight is 699 g/mol. The lowest BCUT2D eigenvalue weighted by Crippen LogP contribution is -2.10. The molecule has 0 atom stereocenters. The summed E-state index contributed by atoms with van der Waals surface area (Å²) < 4.78 is 32.4. The van der Waals surface area contributed by atoms with Crippen molar-refractivity contribution in [2.75, 3.05) is 26.4 Å². The first-order valence-corrected chi connectivity index (χ1v) is 17.0. The minimum absolute atomic E-state index is 0.320. The molecule has 10 nitrogen and oxygen atoms in total. The van der Waals surface area contributed by atoms with Crippen molar-refractivity contribution in [3.8, 4) is 23.0 Å². The third-order valence-corrected chi connectivity index (χ3v) is 7.39. The lowest BCUT2D eigenvalue weighted by atomic mass is 10.2. The van der Waals surface area contributed by atoms with Gasteiger partial charge in [-0.2, -0.15) is 0 Å². The van der Waals surface area contributed by atoms with Gasteiger partial charge < -0.3 is 28.4 Å². The molecule has 3 rings (SSSR count). The largest absolute Gasteiger partial charge is 0.494 e. The summed E-state index contributed by atoms with van der Waals surface area (Å²) in [6.07, 6.45) is 12.4. The zero-order chi connectivity index (χ0) is 36.7. The molecule has 3 aromatic rings. The number of ether oxygens (including phenoxy) is 6. The van der Waals surface area contributed by atoms with Gasteiger partial charge in [-0.05, 0) is 130 Å². The molecule has 0 fully saturated rings. The van der Waals surface area contributed by atoms with Gasteiger partial charge in [0, 0.05) is 18.2 Å². The number of hydrogen-bond donors (Lipinski definition) is 0. The summed E-state index contributed by atoms with van der Waals surface area (Å²) in [5.41, 5.74) is 1.80. The first-order valence-electron chi connectivity index (χ1n) is 17.0. The maximum Gasteiger partial charge on any atom is 0.343 e. The maximum absolute atomic E-state index is 12.7. The highest BCUT2D eigenvalue weighted by Crippen LogP contribution is 2.25. The van der Waals surface area contributed by atoms with Crippen LogP contribution in [0, 0.1) is 6.92 Å². The molecule has 0 radical (unpaired) electrons. The minimum Gasteiger partial charge on any atom is -0.494 e. The van der Waals surface area contributed by atoms with Crippen molar-refractivity contribution in [2.24, 2.45) is 0 Å². The minimum atomic E-state index is -0.549. The third-order valence-electron chi connectivity index (χ3n) is 7.39. The van der Waals surface area contributed by atoms with Crippen molar-refractivity contribution < 1.29 is 47.6 Å². The fraction of sp³-hybridized carbons (Fsp3) is 0.317. The molecule has 0 aliphatic rings. The maximum atomic E-state index is 12.7. The molecule has 3 aromatic carbocycles. The van der Waals surface area contributed by atoms with Gasteiger partial charge in [0.1, 0.15) is 23.0 Å². The van der Waals surface area contributed by atoms with Crippen molar-refractivity contribution >= 4 is 30.0 Å². The van der Waals surface area contributed by atoms with Crippen LogP contribution in [-0.4, -0.2) is 50.3 Å². The third kappa shape index (κ3) is 16.1. The van der Waals surface area contributed by atoms with Crippen LogP contribution in [0.5, 0.6) is 23.0 Å². The Morgan fingerprint density at radius 1 is 0.569 bits per heavy atom. The zero-order valence-corrected chi connectivity index (χ0v) is 29.1. The molecule has 0 heterocycles. The molecule has 0 saturated heterocycles. The molecule has 0 aliphatic carbocycles. The monoisotopic (exact) mass is 698 g/mol. The first kappa shape index (κ1) is 39.8. The van der Waals surface area contributed by atoms with Crippen LogP contribution in [0.1, 0.15) is 72.9 Å². The van der Waals surface area contributed by atoms with Crippen LogP contribution < -0.4 is 18.9 Å². The molecular weight excluding hydrogens is 652 g/mol. The number of carbonyl (C=O) groups excluding carboxylic acids is 4. The topological polar surface area (TPSA) is 124 Å². The quantitative estimate of drug-likeness (QED) is 0.0415. The molecule has 51 heavy (non-hydrogen) atoms. The Morgan fingerprint density at radius 2 is 1.06 bits per heavy atom. The number of rotatable bonds is 23. The number of unbranched alkanes of at least 4 members (excludes halogenated alkanes) is 6. The van der Waals surface area contributed by atoms with Gasteiger partial charge in [0.15, 0.2) is 0 Å². The molecule has 0 amide bonds. The lowest BCUT2D eigenvalue weighted by molar-refractivity contribution is -0.138. The second kappa shape index (κ2) is 22.9. The van der Waals surface area contributed by atoms with Gasteiger partial charge in [0.2, 0.25) is 0 Å². The van der Waals surface area contributed by atoms with Crippen molar-refractivity contribution in [3.63, 3.8) is 0 Å². The molecule has 10 heteroatoms. The summed E-state index contributed by atoms with van der Waals surface area (Å²) in [4.78, 5) is 47.2. The Labute approximate surface area is 299 Å². The van der Waals surface area contributed by atoms with E-state index in [-0.39, 0.29) is 0 Å². The summed E-state index contributed by atoms with van der Waals surface area (Å²) in [5, 5.41) is 0. The van der Waals surface area contributed by atoms with E-state index in [0.29, 0.717) is 54.8 Å². The van der Waals surface area contributed by atoms with Gasteiger partial charge in [0.25, 0.3) is 0 Å². The molecular formula is C41H46O10. The van der Waals surface area contributed by atoms with Crippen LogP contribution in [0.15, 0.2) is 98.1 Å². The van der Waals surface area contributed by atoms with Crippen LogP contribution in [0.25, 0.3) is 6.08 Å². The first-order chi connectivity index (χ1) is 24.8. The molecule has 0 N–H and O–H groups in total. The van der Waals surface area contributed by atoms with E-state index < -0.39 is 23.9 Å². The Morgan fingerprint density at radius 3 is 1.57 bits per heavy atom. The summed E-state index contributed by atoms with van der Waals surface area (Å²) in [6, 6.07) is 18.9. The van der Waals surface area contributed by atoms with Crippen LogP contribution in [0.2, 0.25) is 0 Å². The molecule has 0 saturated carbocycles. The summed E-state index contributed by atoms with van der Waals surface area (Å²) in [5.74, 6) is 0.181. The summed E-state index contributed by atoms with van der Waals surface area (Å²) in [7, 11) is 0. The number of carbonyl (C=O) groups is 4. The predicted octanol–water partition coefficient (Wildman–Crippen LogP) is 8.17. The summed E-state index contributed by atoms with van der Waals surface area (Å²) in [6.45, 7) is 10.4. The molecule has 0 aliphatic heterocycles. The van der Waals surface area contributed by atoms with E-state index in [4.69, 9.17) is 28.4 Å². The lowest BCUT2D eigenvalue weighted by Gasteiger charge is -2.10. The Hall–Kier alpha value is -5.64. The van der Waals surface area contributed by atoms with Gasteiger partial charge >= 0.3 is 23.9 Å². The van der Waals surface area contributed by atoms with Crippen LogP contribution >= 0.6 is 0 Å². The Kier molecular flexibility index (Phi) is 17.9. The molecule has 0 spiro atoms. The number of esters is 4. The van der Waals surface area contributed by atoms with Gasteiger partial charge in [-0.1, -0.05) is 25.3 Å². The van der Waals surface area contributed by atoms with Gasteiger partial charge in [-0.15, -0.1) is 0 Å². The SMILES string of the molecule is C=CC(=O)OCCCCCCOc1ccc(/C=C/C(=O)Oc2ccc(OC(=O)c3ccc(OCCCCCCOC(=O)C=C)cc3)c(C)c2)cc1. The van der Waals surface area contributed by atoms with Crippen molar-refractivity contribution in [2.45, 2.75) is 58.3 Å². The van der Waals surface area contributed by atoms with Crippen LogP contribution in [0.4, 0.5) is 0 Å². The Balaban J connectivity index is 1.34. The van der Waals surface area contributed by atoms with Crippen molar-refractivity contribution in [3.05, 3.63) is 115 Å². The fourth-order valence-electron chi connectivity index (χ4n) is 4.59. The van der Waals surface area contributed by atoms with E-state index in [2.05, 4.69) is 13.2 Å². The highest BCUT2D eigenvalue weighted by atomic mass is 16.5. The number of hydrogen-bond acceptors (Lipinski definition) is 10. The second-order valence-corrected chi connectivity index (χ2v) is 11.4. The van der Waals surface area contributed by atoms with Crippen molar-refractivity contribution in [1.82, 2.24) is 0 Å².